The van der Waals surface area contributed by atoms with Crippen molar-refractivity contribution in [2.45, 2.75) is 64.8 Å². The summed E-state index contributed by atoms with van der Waals surface area (Å²) in [6, 6.07) is -2.87. The zero-order valence-electron chi connectivity index (χ0n) is 17.7. The van der Waals surface area contributed by atoms with Crippen LogP contribution in [0.15, 0.2) is 0 Å². The molecule has 0 unspecified atom stereocenters. The summed E-state index contributed by atoms with van der Waals surface area (Å²) in [4.78, 5) is 52.3. The molecule has 160 valence electrons. The fourth-order valence-corrected chi connectivity index (χ4v) is 2.64. The fraction of sp³-hybridized carbons (Fsp3) is 0.778. The molecule has 0 bridgehead atoms. The lowest BCUT2D eigenvalue weighted by atomic mass is 10.0. The van der Waals surface area contributed by atoms with Gasteiger partial charge in [0.25, 0.3) is 0 Å². The van der Waals surface area contributed by atoms with E-state index in [9.17, 15) is 19.2 Å². The summed E-state index contributed by atoms with van der Waals surface area (Å²) >= 11 is 0. The second-order valence-electron chi connectivity index (χ2n) is 8.28. The van der Waals surface area contributed by atoms with Gasteiger partial charge in [-0.25, -0.2) is 19.2 Å². The van der Waals surface area contributed by atoms with Crippen molar-refractivity contribution in [2.75, 3.05) is 27.3 Å². The van der Waals surface area contributed by atoms with Gasteiger partial charge in [-0.2, -0.15) is 0 Å². The van der Waals surface area contributed by atoms with Crippen LogP contribution in [0.25, 0.3) is 0 Å². The number of amides is 2. The Morgan fingerprint density at radius 2 is 0.964 bits per heavy atom. The van der Waals surface area contributed by atoms with Gasteiger partial charge in [0.05, 0.1) is 14.2 Å². The lowest BCUT2D eigenvalue weighted by Gasteiger charge is -2.44. The number of hydrogen-bond acceptors (Lipinski definition) is 8. The van der Waals surface area contributed by atoms with E-state index in [4.69, 9.17) is 18.9 Å². The number of methoxy groups -OCH3 is 2. The lowest BCUT2D eigenvalue weighted by Crippen LogP contribution is -2.68. The minimum absolute atomic E-state index is 0.0541. The van der Waals surface area contributed by atoms with Crippen molar-refractivity contribution in [2.24, 2.45) is 0 Å². The van der Waals surface area contributed by atoms with Crippen molar-refractivity contribution in [3.63, 3.8) is 0 Å². The van der Waals surface area contributed by atoms with Crippen LogP contribution in [-0.4, -0.2) is 84.5 Å². The Morgan fingerprint density at radius 3 is 1.18 bits per heavy atom. The zero-order valence-corrected chi connectivity index (χ0v) is 17.7. The van der Waals surface area contributed by atoms with Crippen molar-refractivity contribution in [1.29, 1.82) is 0 Å². The molecule has 0 spiro atoms. The first kappa shape index (κ1) is 23.5. The van der Waals surface area contributed by atoms with Crippen LogP contribution >= 0.6 is 0 Å². The van der Waals surface area contributed by atoms with Crippen molar-refractivity contribution < 1.29 is 38.1 Å². The van der Waals surface area contributed by atoms with E-state index in [-0.39, 0.29) is 13.1 Å². The van der Waals surface area contributed by atoms with E-state index in [2.05, 4.69) is 0 Å². The Morgan fingerprint density at radius 1 is 0.679 bits per heavy atom. The van der Waals surface area contributed by atoms with Gasteiger partial charge in [-0.3, -0.25) is 9.80 Å². The fourth-order valence-electron chi connectivity index (χ4n) is 2.64. The highest BCUT2D eigenvalue weighted by Gasteiger charge is 2.51. The van der Waals surface area contributed by atoms with E-state index in [0.29, 0.717) is 0 Å². The van der Waals surface area contributed by atoms with E-state index in [1.165, 1.54) is 0 Å². The molecule has 1 aliphatic rings. The molecule has 0 radical (unpaired) electrons. The standard InChI is InChI=1S/C18H30N2O8/c1-17(2,3)27-15(23)19-9-10-20(16(24)28-18(4,5)6)12(14(22)26-8)11(19)13(21)25-7/h11-12H,9-10H2,1-8H3/t11-,12+. The summed E-state index contributed by atoms with van der Waals surface area (Å²) < 4.78 is 20.2. The summed E-state index contributed by atoms with van der Waals surface area (Å²) in [5.41, 5.74) is -1.64. The van der Waals surface area contributed by atoms with Crippen molar-refractivity contribution in [1.82, 2.24) is 9.80 Å². The second-order valence-corrected chi connectivity index (χ2v) is 8.28. The van der Waals surface area contributed by atoms with Gasteiger partial charge in [-0.05, 0) is 41.5 Å². The second kappa shape index (κ2) is 8.66. The molecule has 1 aliphatic heterocycles. The SMILES string of the molecule is COC(=O)[C@@H]1[C@H](C(=O)OC)N(C(=O)OC(C)(C)C)CCN1C(=O)OC(C)(C)C. The predicted octanol–water partition coefficient (Wildman–Crippen LogP) is 1.56. The van der Waals surface area contributed by atoms with Gasteiger partial charge >= 0.3 is 24.1 Å². The van der Waals surface area contributed by atoms with Gasteiger partial charge in [-0.15, -0.1) is 0 Å². The van der Waals surface area contributed by atoms with Crippen molar-refractivity contribution in [3.05, 3.63) is 0 Å². The molecule has 0 aromatic rings. The molecule has 10 heteroatoms. The normalized spacial score (nSPS) is 20.3. The number of nitrogens with zero attached hydrogens (tertiary/aromatic N) is 2. The summed E-state index contributed by atoms with van der Waals surface area (Å²) in [6.45, 7) is 9.93. The van der Waals surface area contributed by atoms with Crippen LogP contribution in [0.1, 0.15) is 41.5 Å². The molecule has 2 amide bonds. The monoisotopic (exact) mass is 402 g/mol. The third-order valence-corrected chi connectivity index (χ3v) is 3.69. The first-order valence-corrected chi connectivity index (χ1v) is 8.86. The summed E-state index contributed by atoms with van der Waals surface area (Å²) in [6.07, 6.45) is -1.61. The molecule has 0 aliphatic carbocycles. The number of carbonyl (C=O) groups is 4. The topological polar surface area (TPSA) is 112 Å². The molecule has 1 fully saturated rings. The molecule has 1 heterocycles. The summed E-state index contributed by atoms with van der Waals surface area (Å²) in [7, 11) is 2.24. The molecule has 0 N–H and O–H groups in total. The van der Waals surface area contributed by atoms with Crippen LogP contribution in [-0.2, 0) is 28.5 Å². The largest absolute Gasteiger partial charge is 0.467 e. The molecule has 10 nitrogen and oxygen atoms in total. The maximum absolute atomic E-state index is 12.6. The zero-order chi connectivity index (χ0) is 21.9. The molecule has 28 heavy (non-hydrogen) atoms. The minimum Gasteiger partial charge on any atom is -0.467 e. The molecular weight excluding hydrogens is 372 g/mol. The molecule has 0 saturated carbocycles. The molecule has 1 saturated heterocycles. The van der Waals surface area contributed by atoms with Crippen LogP contribution in [0.2, 0.25) is 0 Å². The first-order chi connectivity index (χ1) is 12.7. The van der Waals surface area contributed by atoms with E-state index in [1.807, 2.05) is 0 Å². The van der Waals surface area contributed by atoms with Crippen LogP contribution in [0.3, 0.4) is 0 Å². The maximum atomic E-state index is 12.6. The van der Waals surface area contributed by atoms with Gasteiger partial charge in [0, 0.05) is 13.1 Å². The van der Waals surface area contributed by atoms with Crippen LogP contribution in [0, 0.1) is 0 Å². The average molecular weight is 402 g/mol. The molecule has 0 aromatic carbocycles. The van der Waals surface area contributed by atoms with Crippen molar-refractivity contribution >= 4 is 24.1 Å². The third-order valence-electron chi connectivity index (χ3n) is 3.69. The Hall–Kier alpha value is -2.52. The summed E-state index contributed by atoms with van der Waals surface area (Å²) in [5.74, 6) is -1.76. The Balaban J connectivity index is 3.32. The molecule has 0 aromatic heterocycles. The van der Waals surface area contributed by atoms with Crippen LogP contribution in [0.4, 0.5) is 9.59 Å². The highest BCUT2D eigenvalue weighted by Crippen LogP contribution is 2.24. The van der Waals surface area contributed by atoms with Crippen molar-refractivity contribution in [3.8, 4) is 0 Å². The number of ether oxygens (including phenoxy) is 4. The average Bonchev–Trinajstić information content (AvgIpc) is 2.55. The van der Waals surface area contributed by atoms with Gasteiger partial charge in [-0.1, -0.05) is 0 Å². The van der Waals surface area contributed by atoms with E-state index < -0.39 is 47.4 Å². The quantitative estimate of drug-likeness (QED) is 0.505. The number of piperazine rings is 1. The number of carbonyl (C=O) groups excluding carboxylic acids is 4. The van der Waals surface area contributed by atoms with Gasteiger partial charge in [0.1, 0.15) is 11.2 Å². The van der Waals surface area contributed by atoms with E-state index in [0.717, 1.165) is 24.0 Å². The maximum Gasteiger partial charge on any atom is 0.411 e. The molecular formula is C18H30N2O8. The lowest BCUT2D eigenvalue weighted by molar-refractivity contribution is -0.163. The first-order valence-electron chi connectivity index (χ1n) is 8.86. The van der Waals surface area contributed by atoms with Gasteiger partial charge in [0.15, 0.2) is 12.1 Å². The predicted molar refractivity (Wildman–Crippen MR) is 97.5 cm³/mol. The number of esters is 2. The van der Waals surface area contributed by atoms with Gasteiger partial charge < -0.3 is 18.9 Å². The number of rotatable bonds is 2. The third kappa shape index (κ3) is 6.00. The Bertz CT molecular complexity index is 566. The highest BCUT2D eigenvalue weighted by atomic mass is 16.6. The van der Waals surface area contributed by atoms with E-state index in [1.54, 1.807) is 41.5 Å². The Labute approximate surface area is 165 Å². The van der Waals surface area contributed by atoms with Gasteiger partial charge in [0.2, 0.25) is 0 Å². The van der Waals surface area contributed by atoms with Crippen LogP contribution in [0.5, 0.6) is 0 Å². The van der Waals surface area contributed by atoms with E-state index >= 15 is 0 Å². The number of hydrogen-bond donors (Lipinski definition) is 0. The molecule has 2 atom stereocenters. The highest BCUT2D eigenvalue weighted by molar-refractivity contribution is 5.92. The summed E-state index contributed by atoms with van der Waals surface area (Å²) in [5, 5.41) is 0. The minimum atomic E-state index is -1.44. The molecule has 1 rings (SSSR count). The van der Waals surface area contributed by atoms with Crippen LogP contribution < -0.4 is 0 Å². The Kier molecular flexibility index (Phi) is 7.27. The smallest absolute Gasteiger partial charge is 0.411 e.